The Bertz CT molecular complexity index is 386. The van der Waals surface area contributed by atoms with E-state index in [1.165, 1.54) is 0 Å². The number of carbonyl (C=O) groups excluding carboxylic acids is 1. The Labute approximate surface area is 114 Å². The van der Waals surface area contributed by atoms with Crippen LogP contribution in [0.3, 0.4) is 0 Å². The van der Waals surface area contributed by atoms with Crippen LogP contribution in [0.2, 0.25) is 0 Å². The fraction of sp³-hybridized carbons (Fsp3) is 0.889. The third-order valence-corrected chi connectivity index (χ3v) is 3.29. The summed E-state index contributed by atoms with van der Waals surface area (Å²) < 4.78 is 20.1. The monoisotopic (exact) mass is 315 g/mol. The number of amides is 1. The Hall–Kier alpha value is -0.580. The molecule has 118 valence electrons. The first-order chi connectivity index (χ1) is 9.15. The topological polar surface area (TPSA) is 166 Å². The van der Waals surface area contributed by atoms with Crippen molar-refractivity contribution in [3.8, 4) is 0 Å². The van der Waals surface area contributed by atoms with Gasteiger partial charge in [0.25, 0.3) is 0 Å². The van der Waals surface area contributed by atoms with Crippen LogP contribution < -0.4 is 5.32 Å². The molecule has 0 aromatic carbocycles. The van der Waals surface area contributed by atoms with Gasteiger partial charge >= 0.3 is 7.82 Å². The lowest BCUT2D eigenvalue weighted by atomic mass is 9.93. The Morgan fingerprint density at radius 1 is 1.30 bits per heavy atom. The Balaban J connectivity index is 2.83. The third kappa shape index (κ3) is 4.76. The molecular weight excluding hydrogens is 297 g/mol. The molecule has 1 heterocycles. The van der Waals surface area contributed by atoms with E-state index in [4.69, 9.17) is 19.6 Å². The molecule has 0 aromatic rings. The summed E-state index contributed by atoms with van der Waals surface area (Å²) in [4.78, 5) is 28.3. The lowest BCUT2D eigenvalue weighted by Crippen LogP contribution is -2.64. The molecule has 0 aromatic heterocycles. The standard InChI is InChI=1S/C9H18NO9P/c1-4(12)10-7-6(3-18-20(15,16)17)19-5(2-11)8(13)9(7)14/h5-9,11,13-14H,2-3H2,1H3,(H,10,12)(H2,15,16,17)/t5-,6-,7+,8+,9-/m1/s1. The van der Waals surface area contributed by atoms with Crippen LogP contribution in [0.15, 0.2) is 0 Å². The molecule has 0 unspecified atom stereocenters. The minimum Gasteiger partial charge on any atom is -0.394 e. The van der Waals surface area contributed by atoms with Gasteiger partial charge in [-0.25, -0.2) is 4.57 Å². The van der Waals surface area contributed by atoms with E-state index in [9.17, 15) is 19.6 Å². The fourth-order valence-electron chi connectivity index (χ4n) is 1.92. The van der Waals surface area contributed by atoms with Gasteiger partial charge in [0.15, 0.2) is 0 Å². The van der Waals surface area contributed by atoms with Gasteiger partial charge in [-0.05, 0) is 0 Å². The molecule has 11 heteroatoms. The molecule has 1 aliphatic rings. The molecule has 1 rings (SSSR count). The molecule has 0 radical (unpaired) electrons. The van der Waals surface area contributed by atoms with Crippen LogP contribution in [0.5, 0.6) is 0 Å². The summed E-state index contributed by atoms with van der Waals surface area (Å²) in [6, 6.07) is -1.13. The fourth-order valence-corrected chi connectivity index (χ4v) is 2.26. The van der Waals surface area contributed by atoms with Crippen molar-refractivity contribution in [1.29, 1.82) is 0 Å². The summed E-state index contributed by atoms with van der Waals surface area (Å²) >= 11 is 0. The third-order valence-electron chi connectivity index (χ3n) is 2.81. The van der Waals surface area contributed by atoms with Crippen molar-refractivity contribution >= 4 is 13.7 Å². The second-order valence-corrected chi connectivity index (χ2v) is 5.63. The van der Waals surface area contributed by atoms with Crippen molar-refractivity contribution in [1.82, 2.24) is 5.32 Å². The highest BCUT2D eigenvalue weighted by Crippen LogP contribution is 2.36. The Morgan fingerprint density at radius 3 is 2.35 bits per heavy atom. The first-order valence-electron chi connectivity index (χ1n) is 5.75. The second kappa shape index (κ2) is 6.92. The summed E-state index contributed by atoms with van der Waals surface area (Å²) in [5.41, 5.74) is 0. The van der Waals surface area contributed by atoms with Crippen LogP contribution in [0.1, 0.15) is 6.92 Å². The quantitative estimate of drug-likeness (QED) is 0.291. The van der Waals surface area contributed by atoms with Gasteiger partial charge in [0.1, 0.15) is 24.4 Å². The van der Waals surface area contributed by atoms with E-state index in [2.05, 4.69) is 9.84 Å². The van der Waals surface area contributed by atoms with E-state index in [0.29, 0.717) is 0 Å². The highest BCUT2D eigenvalue weighted by atomic mass is 31.2. The van der Waals surface area contributed by atoms with Crippen LogP contribution in [0, 0.1) is 0 Å². The van der Waals surface area contributed by atoms with Gasteiger partial charge in [0, 0.05) is 6.92 Å². The normalized spacial score (nSPS) is 34.8. The number of hydrogen-bond acceptors (Lipinski definition) is 7. The molecule has 20 heavy (non-hydrogen) atoms. The van der Waals surface area contributed by atoms with Crippen molar-refractivity contribution in [2.45, 2.75) is 37.4 Å². The van der Waals surface area contributed by atoms with Crippen LogP contribution in [-0.2, 0) is 18.6 Å². The number of carbonyl (C=O) groups is 1. The molecule has 1 fully saturated rings. The van der Waals surface area contributed by atoms with Crippen molar-refractivity contribution in [2.75, 3.05) is 13.2 Å². The molecule has 1 aliphatic heterocycles. The SMILES string of the molecule is CC(=O)N[C@@H]1[C@@H](O)[C@@H](O)[C@@H](CO)O[C@@H]1COP(=O)(O)O. The number of phosphoric acid groups is 1. The maximum atomic E-state index is 11.1. The van der Waals surface area contributed by atoms with E-state index < -0.39 is 57.4 Å². The average molecular weight is 315 g/mol. The zero-order chi connectivity index (χ0) is 15.5. The van der Waals surface area contributed by atoms with Gasteiger partial charge in [-0.3, -0.25) is 9.32 Å². The largest absolute Gasteiger partial charge is 0.469 e. The van der Waals surface area contributed by atoms with Gasteiger partial charge in [-0.1, -0.05) is 0 Å². The number of nitrogens with one attached hydrogen (secondary N) is 1. The molecule has 0 aliphatic carbocycles. The van der Waals surface area contributed by atoms with Crippen molar-refractivity contribution < 1.29 is 43.7 Å². The number of aliphatic hydroxyl groups excluding tert-OH is 3. The lowest BCUT2D eigenvalue weighted by Gasteiger charge is -2.42. The maximum absolute atomic E-state index is 11.1. The van der Waals surface area contributed by atoms with E-state index in [-0.39, 0.29) is 0 Å². The van der Waals surface area contributed by atoms with Gasteiger partial charge in [0.2, 0.25) is 5.91 Å². The molecule has 0 bridgehead atoms. The van der Waals surface area contributed by atoms with Crippen LogP contribution in [0.4, 0.5) is 0 Å². The van der Waals surface area contributed by atoms with E-state index in [1.54, 1.807) is 0 Å². The Morgan fingerprint density at radius 2 is 1.90 bits per heavy atom. The number of aliphatic hydroxyl groups is 3. The first-order valence-corrected chi connectivity index (χ1v) is 7.28. The first kappa shape index (κ1) is 17.5. The van der Waals surface area contributed by atoms with Gasteiger partial charge < -0.3 is 35.2 Å². The summed E-state index contributed by atoms with van der Waals surface area (Å²) in [7, 11) is -4.76. The van der Waals surface area contributed by atoms with Gasteiger partial charge in [-0.15, -0.1) is 0 Å². The zero-order valence-corrected chi connectivity index (χ0v) is 11.5. The maximum Gasteiger partial charge on any atom is 0.469 e. The smallest absolute Gasteiger partial charge is 0.394 e. The summed E-state index contributed by atoms with van der Waals surface area (Å²) in [5.74, 6) is -0.534. The molecule has 1 saturated heterocycles. The number of ether oxygens (including phenoxy) is 1. The van der Waals surface area contributed by atoms with Crippen LogP contribution in [0.25, 0.3) is 0 Å². The molecule has 5 atom stereocenters. The molecule has 0 saturated carbocycles. The number of hydrogen-bond donors (Lipinski definition) is 6. The summed E-state index contributed by atoms with van der Waals surface area (Å²) in [6.45, 7) is -0.0783. The highest BCUT2D eigenvalue weighted by Gasteiger charge is 2.45. The minimum atomic E-state index is -4.76. The molecule has 1 amide bonds. The van der Waals surface area contributed by atoms with Gasteiger partial charge in [-0.2, -0.15) is 0 Å². The van der Waals surface area contributed by atoms with E-state index in [0.717, 1.165) is 6.92 Å². The average Bonchev–Trinajstić information content (AvgIpc) is 2.32. The van der Waals surface area contributed by atoms with E-state index >= 15 is 0 Å². The van der Waals surface area contributed by atoms with Crippen molar-refractivity contribution in [2.24, 2.45) is 0 Å². The van der Waals surface area contributed by atoms with Crippen molar-refractivity contribution in [3.63, 3.8) is 0 Å². The van der Waals surface area contributed by atoms with E-state index in [1.807, 2.05) is 0 Å². The summed E-state index contributed by atoms with van der Waals surface area (Å²) in [5, 5.41) is 30.9. The molecular formula is C9H18NO9P. The Kier molecular flexibility index (Phi) is 6.05. The minimum absolute atomic E-state index is 0.534. The predicted molar refractivity (Wildman–Crippen MR) is 63.4 cm³/mol. The lowest BCUT2D eigenvalue weighted by molar-refractivity contribution is -0.201. The summed E-state index contributed by atoms with van der Waals surface area (Å²) in [6.07, 6.45) is -5.22. The molecule has 0 spiro atoms. The van der Waals surface area contributed by atoms with Crippen molar-refractivity contribution in [3.05, 3.63) is 0 Å². The molecule has 6 N–H and O–H groups in total. The second-order valence-electron chi connectivity index (χ2n) is 4.39. The highest BCUT2D eigenvalue weighted by molar-refractivity contribution is 7.46. The predicted octanol–water partition coefficient (Wildman–Crippen LogP) is -2.92. The number of phosphoric ester groups is 1. The number of rotatable bonds is 5. The zero-order valence-electron chi connectivity index (χ0n) is 10.6. The van der Waals surface area contributed by atoms with Crippen LogP contribution in [-0.4, -0.2) is 74.7 Å². The van der Waals surface area contributed by atoms with Gasteiger partial charge in [0.05, 0.1) is 19.3 Å². The van der Waals surface area contributed by atoms with Crippen LogP contribution >= 0.6 is 7.82 Å². The molecule has 10 nitrogen and oxygen atoms in total.